The molecule has 0 heterocycles. The van der Waals surface area contributed by atoms with Crippen molar-refractivity contribution in [2.75, 3.05) is 32.1 Å². The van der Waals surface area contributed by atoms with Gasteiger partial charge in [0.05, 0.1) is 12.8 Å². The smallest absolute Gasteiger partial charge is 0.262 e. The Balaban J connectivity index is 1.94. The van der Waals surface area contributed by atoms with E-state index in [1.54, 1.807) is 42.3 Å². The lowest BCUT2D eigenvalue weighted by Crippen LogP contribution is -2.30. The van der Waals surface area contributed by atoms with Crippen molar-refractivity contribution in [1.82, 2.24) is 4.90 Å². The Kier molecular flexibility index (Phi) is 7.23. The number of carbonyl (C=O) groups excluding carboxylic acids is 2. The van der Waals surface area contributed by atoms with Crippen LogP contribution in [-0.4, -0.2) is 43.5 Å². The number of rotatable bonds is 8. The highest BCUT2D eigenvalue weighted by atomic mass is 16.5. The van der Waals surface area contributed by atoms with Crippen LogP contribution < -0.4 is 14.8 Å². The van der Waals surface area contributed by atoms with Crippen molar-refractivity contribution >= 4 is 17.5 Å². The average molecular weight is 370 g/mol. The molecule has 2 rings (SSSR count). The predicted molar refractivity (Wildman–Crippen MR) is 106 cm³/mol. The Labute approximate surface area is 160 Å². The van der Waals surface area contributed by atoms with Gasteiger partial charge in [0, 0.05) is 18.7 Å². The van der Waals surface area contributed by atoms with E-state index < -0.39 is 0 Å². The molecular weight excluding hydrogens is 344 g/mol. The minimum absolute atomic E-state index is 0.0177. The third-order valence-electron chi connectivity index (χ3n) is 4.15. The van der Waals surface area contributed by atoms with Gasteiger partial charge in [-0.05, 0) is 62.7 Å². The molecule has 0 saturated carbocycles. The molecule has 0 fully saturated rings. The highest BCUT2D eigenvalue weighted by molar-refractivity contribution is 5.94. The van der Waals surface area contributed by atoms with Gasteiger partial charge in [-0.15, -0.1) is 0 Å². The van der Waals surface area contributed by atoms with Gasteiger partial charge in [-0.25, -0.2) is 0 Å². The van der Waals surface area contributed by atoms with Crippen molar-refractivity contribution in [2.24, 2.45) is 0 Å². The molecule has 0 bridgehead atoms. The molecule has 0 unspecified atom stereocenters. The van der Waals surface area contributed by atoms with Crippen LogP contribution >= 0.6 is 0 Å². The molecule has 0 aliphatic heterocycles. The largest absolute Gasteiger partial charge is 0.495 e. The summed E-state index contributed by atoms with van der Waals surface area (Å²) in [5.74, 6) is 0.809. The fourth-order valence-electron chi connectivity index (χ4n) is 2.64. The third-order valence-corrected chi connectivity index (χ3v) is 4.15. The van der Waals surface area contributed by atoms with E-state index in [0.29, 0.717) is 35.8 Å². The molecule has 1 N–H and O–H groups in total. The maximum Gasteiger partial charge on any atom is 0.262 e. The van der Waals surface area contributed by atoms with E-state index in [4.69, 9.17) is 9.47 Å². The summed E-state index contributed by atoms with van der Waals surface area (Å²) in [6, 6.07) is 12.3. The van der Waals surface area contributed by atoms with E-state index in [1.165, 1.54) is 0 Å². The molecule has 2 aromatic rings. The van der Waals surface area contributed by atoms with Crippen LogP contribution in [0.1, 0.15) is 29.8 Å². The maximum absolute atomic E-state index is 12.3. The zero-order valence-corrected chi connectivity index (χ0v) is 16.2. The van der Waals surface area contributed by atoms with E-state index in [0.717, 1.165) is 5.56 Å². The highest BCUT2D eigenvalue weighted by Crippen LogP contribution is 2.25. The number of nitrogens with zero attached hydrogens (tertiary/aromatic N) is 1. The van der Waals surface area contributed by atoms with Crippen LogP contribution in [-0.2, 0) is 4.79 Å². The summed E-state index contributed by atoms with van der Waals surface area (Å²) in [6.45, 7) is 7.01. The van der Waals surface area contributed by atoms with Crippen molar-refractivity contribution in [3.8, 4) is 11.5 Å². The lowest BCUT2D eigenvalue weighted by Gasteiger charge is -2.18. The summed E-state index contributed by atoms with van der Waals surface area (Å²) in [4.78, 5) is 26.2. The zero-order valence-electron chi connectivity index (χ0n) is 16.2. The van der Waals surface area contributed by atoms with E-state index in [2.05, 4.69) is 5.32 Å². The minimum Gasteiger partial charge on any atom is -0.495 e. The second-order valence-electron chi connectivity index (χ2n) is 6.04. The summed E-state index contributed by atoms with van der Waals surface area (Å²) in [5.41, 5.74) is 2.21. The van der Waals surface area contributed by atoms with Gasteiger partial charge in [-0.2, -0.15) is 0 Å². The zero-order chi connectivity index (χ0) is 19.8. The molecule has 0 aliphatic rings. The molecular formula is C21H26N2O4. The van der Waals surface area contributed by atoms with Crippen LogP contribution in [0.3, 0.4) is 0 Å². The molecule has 0 saturated heterocycles. The summed E-state index contributed by atoms with van der Waals surface area (Å²) >= 11 is 0. The van der Waals surface area contributed by atoms with Crippen LogP contribution in [0.25, 0.3) is 0 Å². The van der Waals surface area contributed by atoms with Crippen molar-refractivity contribution < 1.29 is 19.1 Å². The Hall–Kier alpha value is -3.02. The number of methoxy groups -OCH3 is 1. The topological polar surface area (TPSA) is 67.9 Å². The number of hydrogen-bond acceptors (Lipinski definition) is 4. The monoisotopic (exact) mass is 370 g/mol. The first-order valence-electron chi connectivity index (χ1n) is 8.95. The van der Waals surface area contributed by atoms with Crippen LogP contribution in [0, 0.1) is 6.92 Å². The number of nitrogens with one attached hydrogen (secondary N) is 1. The maximum atomic E-state index is 12.3. The number of hydrogen-bond donors (Lipinski definition) is 1. The Bertz CT molecular complexity index is 783. The van der Waals surface area contributed by atoms with Crippen molar-refractivity contribution in [1.29, 1.82) is 0 Å². The number of aryl methyl sites for hydroxylation is 1. The van der Waals surface area contributed by atoms with E-state index >= 15 is 0 Å². The summed E-state index contributed by atoms with van der Waals surface area (Å²) in [5, 5.41) is 2.78. The van der Waals surface area contributed by atoms with E-state index in [9.17, 15) is 9.59 Å². The summed E-state index contributed by atoms with van der Waals surface area (Å²) < 4.78 is 10.8. The van der Waals surface area contributed by atoms with Crippen LogP contribution in [0.5, 0.6) is 11.5 Å². The van der Waals surface area contributed by atoms with Gasteiger partial charge >= 0.3 is 0 Å². The Morgan fingerprint density at radius 3 is 2.30 bits per heavy atom. The number of ether oxygens (including phenoxy) is 2. The fourth-order valence-corrected chi connectivity index (χ4v) is 2.64. The molecule has 0 spiro atoms. The number of anilines is 1. The van der Waals surface area contributed by atoms with Gasteiger partial charge in [-0.1, -0.05) is 6.07 Å². The molecule has 0 aromatic heterocycles. The SMILES string of the molecule is CCN(CC)C(=O)c1ccc(OCC(=O)Nc2cc(C)ccc2OC)cc1. The molecule has 0 radical (unpaired) electrons. The number of amides is 2. The third kappa shape index (κ3) is 5.48. The van der Waals surface area contributed by atoms with Crippen molar-refractivity contribution in [2.45, 2.75) is 20.8 Å². The quantitative estimate of drug-likeness (QED) is 0.772. The summed E-state index contributed by atoms with van der Waals surface area (Å²) in [6.07, 6.45) is 0. The molecule has 27 heavy (non-hydrogen) atoms. The second kappa shape index (κ2) is 9.62. The van der Waals surface area contributed by atoms with Gasteiger partial charge in [0.2, 0.25) is 0 Å². The standard InChI is InChI=1S/C21H26N2O4/c1-5-23(6-2)21(25)16-8-10-17(11-9-16)27-14-20(24)22-18-13-15(3)7-12-19(18)26-4/h7-13H,5-6,14H2,1-4H3,(H,22,24). The number of benzene rings is 2. The van der Waals surface area contributed by atoms with Gasteiger partial charge in [0.1, 0.15) is 11.5 Å². The molecule has 144 valence electrons. The lowest BCUT2D eigenvalue weighted by molar-refractivity contribution is -0.118. The fraction of sp³-hybridized carbons (Fsp3) is 0.333. The predicted octanol–water partition coefficient (Wildman–Crippen LogP) is 3.50. The van der Waals surface area contributed by atoms with Gasteiger partial charge < -0.3 is 19.7 Å². The Morgan fingerprint density at radius 1 is 1.04 bits per heavy atom. The van der Waals surface area contributed by atoms with Crippen LogP contribution in [0.4, 0.5) is 5.69 Å². The highest BCUT2D eigenvalue weighted by Gasteiger charge is 2.13. The number of carbonyl (C=O) groups is 2. The Morgan fingerprint density at radius 2 is 1.70 bits per heavy atom. The summed E-state index contributed by atoms with van der Waals surface area (Å²) in [7, 11) is 1.55. The lowest BCUT2D eigenvalue weighted by atomic mass is 10.2. The van der Waals surface area contributed by atoms with Crippen molar-refractivity contribution in [3.05, 3.63) is 53.6 Å². The molecule has 6 heteroatoms. The molecule has 2 amide bonds. The van der Waals surface area contributed by atoms with Gasteiger partial charge in [0.15, 0.2) is 6.61 Å². The molecule has 0 atom stereocenters. The first kappa shape index (κ1) is 20.3. The average Bonchev–Trinajstić information content (AvgIpc) is 2.68. The first-order chi connectivity index (χ1) is 13.0. The van der Waals surface area contributed by atoms with Gasteiger partial charge in [0.25, 0.3) is 11.8 Å². The van der Waals surface area contributed by atoms with Gasteiger partial charge in [-0.3, -0.25) is 9.59 Å². The molecule has 2 aromatic carbocycles. The van der Waals surface area contributed by atoms with Crippen molar-refractivity contribution in [3.63, 3.8) is 0 Å². The molecule has 6 nitrogen and oxygen atoms in total. The van der Waals surface area contributed by atoms with Crippen LogP contribution in [0.15, 0.2) is 42.5 Å². The minimum atomic E-state index is -0.290. The van der Waals surface area contributed by atoms with E-state index in [-0.39, 0.29) is 18.4 Å². The van der Waals surface area contributed by atoms with Crippen LogP contribution in [0.2, 0.25) is 0 Å². The first-order valence-corrected chi connectivity index (χ1v) is 8.95. The normalized spacial score (nSPS) is 10.2. The van der Waals surface area contributed by atoms with E-state index in [1.807, 2.05) is 32.9 Å². The molecule has 0 aliphatic carbocycles. The second-order valence-corrected chi connectivity index (χ2v) is 6.04.